The zero-order valence-corrected chi connectivity index (χ0v) is 11.2. The number of carbonyl (C=O) groups excluding carboxylic acids is 1. The molecule has 0 saturated carbocycles. The summed E-state index contributed by atoms with van der Waals surface area (Å²) in [5, 5.41) is 11.2. The van der Waals surface area contributed by atoms with Crippen molar-refractivity contribution in [3.8, 4) is 0 Å². The van der Waals surface area contributed by atoms with Crippen molar-refractivity contribution in [3.05, 3.63) is 29.0 Å². The number of nitrogens with one attached hydrogen (secondary N) is 1. The van der Waals surface area contributed by atoms with Crippen LogP contribution in [-0.2, 0) is 4.79 Å². The van der Waals surface area contributed by atoms with Gasteiger partial charge < -0.3 is 15.3 Å². The van der Waals surface area contributed by atoms with Gasteiger partial charge in [0.15, 0.2) is 5.82 Å². The predicted octanol–water partition coefficient (Wildman–Crippen LogP) is 2.47. The number of carbonyl (C=O) groups is 2. The molecule has 102 valence electrons. The second-order valence-corrected chi connectivity index (χ2v) is 5.26. The van der Waals surface area contributed by atoms with Crippen molar-refractivity contribution in [3.63, 3.8) is 0 Å². The van der Waals surface area contributed by atoms with Crippen LogP contribution >= 0.6 is 23.4 Å². The Morgan fingerprint density at radius 2 is 2.26 bits per heavy atom. The van der Waals surface area contributed by atoms with Crippen LogP contribution in [0.25, 0.3) is 0 Å². The number of benzene rings is 1. The molecule has 5 nitrogen and oxygen atoms in total. The van der Waals surface area contributed by atoms with Gasteiger partial charge in [0.2, 0.25) is 0 Å². The average Bonchev–Trinajstić information content (AvgIpc) is 2.84. The van der Waals surface area contributed by atoms with Crippen LogP contribution in [0.3, 0.4) is 0 Å². The van der Waals surface area contributed by atoms with Crippen LogP contribution in [0.4, 0.5) is 14.9 Å². The first kappa shape index (κ1) is 14.0. The molecule has 0 aliphatic carbocycles. The highest BCUT2D eigenvalue weighted by molar-refractivity contribution is 7.99. The van der Waals surface area contributed by atoms with E-state index < -0.39 is 23.9 Å². The molecule has 2 rings (SSSR count). The highest BCUT2D eigenvalue weighted by Crippen LogP contribution is 2.25. The van der Waals surface area contributed by atoms with Gasteiger partial charge in [-0.15, -0.1) is 11.8 Å². The molecule has 8 heteroatoms. The standard InChI is InChI=1S/C11H10ClFN2O3S/c12-6-2-1-3-7(9(6)13)14-11(18)15-5-19-4-8(15)10(16)17/h1-3,8H,4-5H2,(H,14,18)(H,16,17)/t8-/m0/s1. The van der Waals surface area contributed by atoms with E-state index >= 15 is 0 Å². The summed E-state index contributed by atoms with van der Waals surface area (Å²) in [7, 11) is 0. The van der Waals surface area contributed by atoms with Crippen molar-refractivity contribution >= 4 is 41.1 Å². The molecule has 1 atom stereocenters. The molecule has 0 unspecified atom stereocenters. The quantitative estimate of drug-likeness (QED) is 0.880. The van der Waals surface area contributed by atoms with Gasteiger partial charge in [0.25, 0.3) is 0 Å². The summed E-state index contributed by atoms with van der Waals surface area (Å²) in [4.78, 5) is 24.0. The van der Waals surface area contributed by atoms with Gasteiger partial charge in [0, 0.05) is 5.75 Å². The molecule has 1 aromatic carbocycles. The zero-order valence-electron chi connectivity index (χ0n) is 9.60. The van der Waals surface area contributed by atoms with Crippen LogP contribution in [-0.4, -0.2) is 39.7 Å². The average molecular weight is 305 g/mol. The largest absolute Gasteiger partial charge is 0.480 e. The van der Waals surface area contributed by atoms with Gasteiger partial charge in [0.05, 0.1) is 16.6 Å². The molecule has 1 aliphatic rings. The summed E-state index contributed by atoms with van der Waals surface area (Å²) in [5.41, 5.74) is -0.0708. The van der Waals surface area contributed by atoms with Gasteiger partial charge in [-0.25, -0.2) is 14.0 Å². The Hall–Kier alpha value is -1.47. The van der Waals surface area contributed by atoms with Crippen LogP contribution < -0.4 is 5.32 Å². The highest BCUT2D eigenvalue weighted by Gasteiger charge is 2.34. The van der Waals surface area contributed by atoms with Crippen LogP contribution in [0.1, 0.15) is 0 Å². The maximum absolute atomic E-state index is 13.6. The number of nitrogens with zero attached hydrogens (tertiary/aromatic N) is 1. The van der Waals surface area contributed by atoms with Gasteiger partial charge in [0.1, 0.15) is 6.04 Å². The summed E-state index contributed by atoms with van der Waals surface area (Å²) in [5.74, 6) is -1.24. The van der Waals surface area contributed by atoms with Gasteiger partial charge in [-0.3, -0.25) is 0 Å². The molecule has 1 heterocycles. The number of thioether (sulfide) groups is 1. The Kier molecular flexibility index (Phi) is 4.16. The van der Waals surface area contributed by atoms with Crippen molar-refractivity contribution in [2.45, 2.75) is 6.04 Å². The number of halogens is 2. The SMILES string of the molecule is O=C(O)[C@@H]1CSCN1C(=O)Nc1cccc(Cl)c1F. The molecular weight excluding hydrogens is 295 g/mol. The number of amides is 2. The molecule has 0 aromatic heterocycles. The molecular formula is C11H10ClFN2O3S. The van der Waals surface area contributed by atoms with Crippen molar-refractivity contribution in [2.24, 2.45) is 0 Å². The van der Waals surface area contributed by atoms with E-state index in [1.54, 1.807) is 0 Å². The van der Waals surface area contributed by atoms with Gasteiger partial charge in [-0.05, 0) is 12.1 Å². The van der Waals surface area contributed by atoms with Crippen molar-refractivity contribution in [1.29, 1.82) is 0 Å². The Labute approximate surface area is 117 Å². The Bertz CT molecular complexity index is 529. The fourth-order valence-electron chi connectivity index (χ4n) is 1.63. The number of urea groups is 1. The lowest BCUT2D eigenvalue weighted by atomic mass is 10.3. The molecule has 1 aliphatic heterocycles. The van der Waals surface area contributed by atoms with Crippen LogP contribution in [0.2, 0.25) is 5.02 Å². The lowest BCUT2D eigenvalue weighted by molar-refractivity contribution is -0.140. The predicted molar refractivity (Wildman–Crippen MR) is 71.0 cm³/mol. The van der Waals surface area contributed by atoms with E-state index in [2.05, 4.69) is 5.32 Å². The minimum absolute atomic E-state index is 0.0708. The fraction of sp³-hybridized carbons (Fsp3) is 0.273. The summed E-state index contributed by atoms with van der Waals surface area (Å²) in [6.45, 7) is 0. The van der Waals surface area contributed by atoms with E-state index in [1.165, 1.54) is 30.0 Å². The third kappa shape index (κ3) is 2.93. The van der Waals surface area contributed by atoms with E-state index in [4.69, 9.17) is 16.7 Å². The lowest BCUT2D eigenvalue weighted by Crippen LogP contribution is -2.44. The molecule has 0 spiro atoms. The van der Waals surface area contributed by atoms with Crippen molar-refractivity contribution < 1.29 is 19.1 Å². The smallest absolute Gasteiger partial charge is 0.327 e. The first-order valence-corrected chi connectivity index (χ1v) is 6.86. The Balaban J connectivity index is 2.13. The third-order valence-corrected chi connectivity index (χ3v) is 3.93. The van der Waals surface area contributed by atoms with E-state index in [-0.39, 0.29) is 16.6 Å². The number of rotatable bonds is 2. The topological polar surface area (TPSA) is 69.6 Å². The molecule has 1 aromatic rings. The molecule has 1 fully saturated rings. The van der Waals surface area contributed by atoms with Crippen LogP contribution in [0.15, 0.2) is 18.2 Å². The number of carboxylic acids is 1. The van der Waals surface area contributed by atoms with Crippen LogP contribution in [0, 0.1) is 5.82 Å². The highest BCUT2D eigenvalue weighted by atomic mass is 35.5. The number of anilines is 1. The first-order chi connectivity index (χ1) is 9.00. The summed E-state index contributed by atoms with van der Waals surface area (Å²) < 4.78 is 13.6. The molecule has 2 amide bonds. The maximum Gasteiger partial charge on any atom is 0.327 e. The summed E-state index contributed by atoms with van der Waals surface area (Å²) in [6, 6.07) is 2.66. The summed E-state index contributed by atoms with van der Waals surface area (Å²) >= 11 is 6.93. The van der Waals surface area contributed by atoms with E-state index in [0.29, 0.717) is 5.75 Å². The molecule has 1 saturated heterocycles. The van der Waals surface area contributed by atoms with Crippen molar-refractivity contribution in [1.82, 2.24) is 4.90 Å². The number of hydrogen-bond acceptors (Lipinski definition) is 3. The number of carboxylic acid groups (broad SMARTS) is 1. The lowest BCUT2D eigenvalue weighted by Gasteiger charge is -2.21. The minimum atomic E-state index is -1.08. The number of hydrogen-bond donors (Lipinski definition) is 2. The van der Waals surface area contributed by atoms with Gasteiger partial charge in [-0.1, -0.05) is 17.7 Å². The zero-order chi connectivity index (χ0) is 14.0. The third-order valence-electron chi connectivity index (χ3n) is 2.62. The monoisotopic (exact) mass is 304 g/mol. The Morgan fingerprint density at radius 1 is 1.53 bits per heavy atom. The molecule has 19 heavy (non-hydrogen) atoms. The van der Waals surface area contributed by atoms with Gasteiger partial charge in [-0.2, -0.15) is 0 Å². The number of aliphatic carboxylic acids is 1. The maximum atomic E-state index is 13.6. The van der Waals surface area contributed by atoms with E-state index in [9.17, 15) is 14.0 Å². The normalized spacial score (nSPS) is 18.4. The van der Waals surface area contributed by atoms with Crippen LogP contribution in [0.5, 0.6) is 0 Å². The van der Waals surface area contributed by atoms with Crippen molar-refractivity contribution in [2.75, 3.05) is 16.9 Å². The van der Waals surface area contributed by atoms with E-state index in [0.717, 1.165) is 4.90 Å². The fourth-order valence-corrected chi connectivity index (χ4v) is 2.95. The first-order valence-electron chi connectivity index (χ1n) is 5.33. The second-order valence-electron chi connectivity index (χ2n) is 3.86. The van der Waals surface area contributed by atoms with Gasteiger partial charge >= 0.3 is 12.0 Å². The molecule has 0 bridgehead atoms. The minimum Gasteiger partial charge on any atom is -0.480 e. The molecule has 2 N–H and O–H groups in total. The Morgan fingerprint density at radius 3 is 2.95 bits per heavy atom. The second kappa shape index (κ2) is 5.66. The van der Waals surface area contributed by atoms with E-state index in [1.807, 2.05) is 0 Å². The molecule has 0 radical (unpaired) electrons. The summed E-state index contributed by atoms with van der Waals surface area (Å²) in [6.07, 6.45) is 0.